The summed E-state index contributed by atoms with van der Waals surface area (Å²) in [6.45, 7) is -1.10. The molecule has 11 heteroatoms. The molecule has 1 heterocycles. The zero-order valence-corrected chi connectivity index (χ0v) is 16.3. The second-order valence-electron chi connectivity index (χ2n) is 7.49. The van der Waals surface area contributed by atoms with Gasteiger partial charge in [-0.2, -0.15) is 13.2 Å². The zero-order chi connectivity index (χ0) is 21.9. The van der Waals surface area contributed by atoms with Crippen molar-refractivity contribution in [2.45, 2.75) is 25.1 Å². The van der Waals surface area contributed by atoms with Crippen LogP contribution < -0.4 is 16.0 Å². The highest BCUT2D eigenvalue weighted by molar-refractivity contribution is 5.97. The lowest BCUT2D eigenvalue weighted by Gasteiger charge is -2.31. The Hall–Kier alpha value is -2.24. The highest BCUT2D eigenvalue weighted by Crippen LogP contribution is 2.32. The molecule has 1 atom stereocenters. The molecule has 1 aromatic rings. The number of anilines is 2. The summed E-state index contributed by atoms with van der Waals surface area (Å²) in [6, 6.07) is 2.56. The molecule has 0 radical (unpaired) electrons. The van der Waals surface area contributed by atoms with E-state index in [1.165, 1.54) is 17.0 Å². The van der Waals surface area contributed by atoms with Crippen molar-refractivity contribution in [3.8, 4) is 0 Å². The van der Waals surface area contributed by atoms with Crippen molar-refractivity contribution >= 4 is 23.2 Å². The quantitative estimate of drug-likeness (QED) is 0.611. The van der Waals surface area contributed by atoms with Crippen molar-refractivity contribution in [3.05, 3.63) is 24.0 Å². The van der Waals surface area contributed by atoms with Gasteiger partial charge in [0.1, 0.15) is 18.5 Å². The fourth-order valence-corrected chi connectivity index (χ4v) is 3.39. The molecule has 1 aliphatic heterocycles. The van der Waals surface area contributed by atoms with Crippen molar-refractivity contribution in [2.24, 2.45) is 11.7 Å². The van der Waals surface area contributed by atoms with Gasteiger partial charge in [0.25, 0.3) is 5.91 Å². The minimum absolute atomic E-state index is 0.0455. The molecule has 3 rings (SSSR count). The molecule has 0 aromatic heterocycles. The lowest BCUT2D eigenvalue weighted by Crippen LogP contribution is -2.52. The van der Waals surface area contributed by atoms with Gasteiger partial charge in [-0.1, -0.05) is 0 Å². The molecule has 1 saturated heterocycles. The summed E-state index contributed by atoms with van der Waals surface area (Å²) < 4.78 is 58.4. The number of rotatable bonds is 8. The van der Waals surface area contributed by atoms with Crippen LogP contribution in [0.15, 0.2) is 18.2 Å². The van der Waals surface area contributed by atoms with Gasteiger partial charge in [-0.15, -0.1) is 0 Å². The number of amides is 2. The van der Waals surface area contributed by atoms with Crippen LogP contribution in [0.1, 0.15) is 12.8 Å². The number of ether oxygens (including phenoxy) is 1. The van der Waals surface area contributed by atoms with Crippen LogP contribution in [0.4, 0.5) is 28.9 Å². The Bertz CT molecular complexity index is 786. The maximum absolute atomic E-state index is 14.5. The van der Waals surface area contributed by atoms with Crippen molar-refractivity contribution < 1.29 is 31.9 Å². The third-order valence-corrected chi connectivity index (χ3v) is 5.03. The Morgan fingerprint density at radius 2 is 2.10 bits per heavy atom. The predicted molar refractivity (Wildman–Crippen MR) is 101 cm³/mol. The van der Waals surface area contributed by atoms with Gasteiger partial charge in [-0.05, 0) is 37.0 Å². The summed E-state index contributed by atoms with van der Waals surface area (Å²) in [5.74, 6) is -1.74. The molecule has 30 heavy (non-hydrogen) atoms. The Morgan fingerprint density at radius 3 is 2.67 bits per heavy atom. The van der Waals surface area contributed by atoms with Gasteiger partial charge in [0, 0.05) is 25.3 Å². The van der Waals surface area contributed by atoms with Gasteiger partial charge in [0.05, 0.1) is 18.8 Å². The van der Waals surface area contributed by atoms with E-state index in [1.54, 1.807) is 0 Å². The number of carbonyl (C=O) groups excluding carboxylic acids is 2. The number of nitrogens with one attached hydrogen (secondary N) is 1. The van der Waals surface area contributed by atoms with E-state index in [9.17, 15) is 27.2 Å². The Morgan fingerprint density at radius 1 is 1.37 bits per heavy atom. The number of hydrogen-bond acceptors (Lipinski definition) is 5. The predicted octanol–water partition coefficient (Wildman–Crippen LogP) is 1.73. The van der Waals surface area contributed by atoms with E-state index in [2.05, 4.69) is 5.32 Å². The van der Waals surface area contributed by atoms with Gasteiger partial charge in [-0.25, -0.2) is 4.39 Å². The van der Waals surface area contributed by atoms with E-state index in [-0.39, 0.29) is 56.0 Å². The first kappa shape index (κ1) is 22.4. The van der Waals surface area contributed by atoms with Gasteiger partial charge < -0.3 is 20.7 Å². The lowest BCUT2D eigenvalue weighted by molar-refractivity contribution is -0.154. The summed E-state index contributed by atoms with van der Waals surface area (Å²) in [6.07, 6.45) is -2.83. The van der Waals surface area contributed by atoms with Crippen molar-refractivity contribution in [3.63, 3.8) is 0 Å². The molecule has 0 unspecified atom stereocenters. The van der Waals surface area contributed by atoms with E-state index in [1.807, 2.05) is 0 Å². The second kappa shape index (κ2) is 9.27. The van der Waals surface area contributed by atoms with Crippen molar-refractivity contribution in [1.82, 2.24) is 4.90 Å². The molecule has 0 bridgehead atoms. The second-order valence-corrected chi connectivity index (χ2v) is 7.49. The normalized spacial score (nSPS) is 18.6. The third kappa shape index (κ3) is 5.89. The number of carbonyl (C=O) groups is 2. The van der Waals surface area contributed by atoms with Crippen LogP contribution in [-0.4, -0.2) is 68.3 Å². The van der Waals surface area contributed by atoms with E-state index < -0.39 is 30.5 Å². The molecule has 2 fully saturated rings. The van der Waals surface area contributed by atoms with Crippen LogP contribution in [-0.2, 0) is 14.3 Å². The van der Waals surface area contributed by atoms with Gasteiger partial charge in [-0.3, -0.25) is 14.5 Å². The molecule has 0 spiro atoms. The first-order valence-corrected chi connectivity index (χ1v) is 9.67. The van der Waals surface area contributed by atoms with Crippen molar-refractivity contribution in [2.75, 3.05) is 49.6 Å². The van der Waals surface area contributed by atoms with E-state index >= 15 is 0 Å². The van der Waals surface area contributed by atoms with E-state index in [4.69, 9.17) is 10.5 Å². The number of nitrogens with zero attached hydrogens (tertiary/aromatic N) is 2. The largest absolute Gasteiger partial charge is 0.401 e. The molecular formula is C19H24F4N4O3. The third-order valence-electron chi connectivity index (χ3n) is 5.03. The number of morpholine rings is 1. The van der Waals surface area contributed by atoms with Crippen LogP contribution in [0.3, 0.4) is 0 Å². The average Bonchev–Trinajstić information content (AvgIpc) is 3.46. The summed E-state index contributed by atoms with van der Waals surface area (Å²) in [5, 5.41) is 2.44. The van der Waals surface area contributed by atoms with Crippen molar-refractivity contribution in [1.29, 1.82) is 0 Å². The van der Waals surface area contributed by atoms with Gasteiger partial charge in [0.2, 0.25) is 5.91 Å². The average molecular weight is 432 g/mol. The minimum atomic E-state index is -4.47. The monoisotopic (exact) mass is 432 g/mol. The van der Waals surface area contributed by atoms with Gasteiger partial charge in [0.15, 0.2) is 0 Å². The first-order valence-electron chi connectivity index (χ1n) is 9.67. The molecule has 1 aliphatic carbocycles. The molecule has 3 N–H and O–H groups in total. The Kier molecular flexibility index (Phi) is 6.94. The molecule has 1 saturated carbocycles. The van der Waals surface area contributed by atoms with Gasteiger partial charge >= 0.3 is 6.18 Å². The van der Waals surface area contributed by atoms with E-state index in [0.717, 1.165) is 23.8 Å². The maximum atomic E-state index is 14.5. The Labute approximate surface area is 171 Å². The number of nitrogens with two attached hydrogens (primary N) is 1. The summed E-state index contributed by atoms with van der Waals surface area (Å²) in [7, 11) is 0. The fraction of sp³-hybridized carbons (Fsp3) is 0.579. The molecule has 2 aliphatic rings. The van der Waals surface area contributed by atoms with Crippen LogP contribution in [0, 0.1) is 11.7 Å². The number of benzene rings is 1. The molecule has 1 aromatic carbocycles. The highest BCUT2D eigenvalue weighted by Gasteiger charge is 2.38. The van der Waals surface area contributed by atoms with Crippen LogP contribution in [0.2, 0.25) is 0 Å². The molecular weight excluding hydrogens is 408 g/mol. The zero-order valence-electron chi connectivity index (χ0n) is 16.3. The number of alkyl halides is 3. The summed E-state index contributed by atoms with van der Waals surface area (Å²) in [5.41, 5.74) is 5.72. The molecule has 7 nitrogen and oxygen atoms in total. The smallest absolute Gasteiger partial charge is 0.370 e. The van der Waals surface area contributed by atoms with Crippen LogP contribution >= 0.6 is 0 Å². The Balaban J connectivity index is 1.70. The van der Waals surface area contributed by atoms with Crippen LogP contribution in [0.25, 0.3) is 0 Å². The summed E-state index contributed by atoms with van der Waals surface area (Å²) in [4.78, 5) is 26.8. The van der Waals surface area contributed by atoms with Crippen LogP contribution in [0.5, 0.6) is 0 Å². The number of halogens is 4. The standard InChI is InChI=1S/C19H24F4N4O3/c20-14-7-13(3-4-15(14)27-5-6-30-10-17(27)28)25-18(29)16(8-24)26(9-12-1-2-12)11-19(21,22)23/h3-4,7,12,16H,1-2,5-6,8-11,24H2,(H,25,29)/t16-/m0/s1. The lowest BCUT2D eigenvalue weighted by atomic mass is 10.1. The van der Waals surface area contributed by atoms with E-state index in [0.29, 0.717) is 0 Å². The molecule has 2 amide bonds. The number of hydrogen-bond donors (Lipinski definition) is 2. The first-order chi connectivity index (χ1) is 14.2. The maximum Gasteiger partial charge on any atom is 0.401 e. The minimum Gasteiger partial charge on any atom is -0.370 e. The molecule has 166 valence electrons. The summed E-state index contributed by atoms with van der Waals surface area (Å²) >= 11 is 0. The topological polar surface area (TPSA) is 87.9 Å². The SMILES string of the molecule is NC[C@@H](C(=O)Nc1ccc(N2CCOCC2=O)c(F)c1)N(CC1CC1)CC(F)(F)F. The fourth-order valence-electron chi connectivity index (χ4n) is 3.39. The highest BCUT2D eigenvalue weighted by atomic mass is 19.4.